The molecular formula is C12H14Cl2OS. The maximum atomic E-state index is 9.87. The summed E-state index contributed by atoms with van der Waals surface area (Å²) in [6, 6.07) is 5.64. The van der Waals surface area contributed by atoms with Crippen LogP contribution in [0.5, 0.6) is 0 Å². The number of rotatable bonds is 2. The van der Waals surface area contributed by atoms with Gasteiger partial charge in [-0.15, -0.1) is 11.8 Å². The second kappa shape index (κ2) is 5.63. The Kier molecular flexibility index (Phi) is 4.42. The van der Waals surface area contributed by atoms with Crippen molar-refractivity contribution in [1.82, 2.24) is 0 Å². The fourth-order valence-corrected chi connectivity index (χ4v) is 3.56. The summed E-state index contributed by atoms with van der Waals surface area (Å²) in [5.74, 6) is 0. The van der Waals surface area contributed by atoms with Gasteiger partial charge in [0.15, 0.2) is 0 Å². The Morgan fingerprint density at radius 1 is 1.12 bits per heavy atom. The van der Waals surface area contributed by atoms with Crippen molar-refractivity contribution in [1.29, 1.82) is 0 Å². The molecule has 0 unspecified atom stereocenters. The van der Waals surface area contributed by atoms with Crippen LogP contribution in [0.3, 0.4) is 0 Å². The van der Waals surface area contributed by atoms with Crippen LogP contribution in [0.2, 0.25) is 10.0 Å². The van der Waals surface area contributed by atoms with Crippen LogP contribution in [0.25, 0.3) is 0 Å². The molecule has 0 heterocycles. The number of thioether (sulfide) groups is 1. The molecule has 1 aliphatic carbocycles. The van der Waals surface area contributed by atoms with Crippen LogP contribution in [-0.2, 0) is 0 Å². The van der Waals surface area contributed by atoms with Crippen molar-refractivity contribution in [3.8, 4) is 0 Å². The third kappa shape index (κ3) is 3.07. The van der Waals surface area contributed by atoms with Crippen molar-refractivity contribution in [2.75, 3.05) is 0 Å². The lowest BCUT2D eigenvalue weighted by atomic mass is 9.97. The van der Waals surface area contributed by atoms with E-state index >= 15 is 0 Å². The highest BCUT2D eigenvalue weighted by Gasteiger charge is 2.23. The third-order valence-corrected chi connectivity index (χ3v) is 4.96. The molecule has 1 N–H and O–H groups in total. The average molecular weight is 277 g/mol. The SMILES string of the molecule is O[C@@H]1CCCC[C@H]1Sc1ccc(Cl)c(Cl)c1. The van der Waals surface area contributed by atoms with Crippen LogP contribution >= 0.6 is 35.0 Å². The van der Waals surface area contributed by atoms with Crippen molar-refractivity contribution in [2.24, 2.45) is 0 Å². The number of benzene rings is 1. The molecule has 1 nitrogen and oxygen atoms in total. The molecule has 0 radical (unpaired) electrons. The molecule has 2 rings (SSSR count). The van der Waals surface area contributed by atoms with E-state index in [1.165, 1.54) is 6.42 Å². The summed E-state index contributed by atoms with van der Waals surface area (Å²) in [4.78, 5) is 1.08. The predicted molar refractivity (Wildman–Crippen MR) is 70.6 cm³/mol. The normalized spacial score (nSPS) is 25.7. The smallest absolute Gasteiger partial charge is 0.0662 e. The van der Waals surface area contributed by atoms with E-state index in [-0.39, 0.29) is 6.10 Å². The summed E-state index contributed by atoms with van der Waals surface area (Å²) in [6.07, 6.45) is 4.15. The summed E-state index contributed by atoms with van der Waals surface area (Å²) in [7, 11) is 0. The highest BCUT2D eigenvalue weighted by atomic mass is 35.5. The summed E-state index contributed by atoms with van der Waals surface area (Å²) >= 11 is 13.5. The number of hydrogen-bond donors (Lipinski definition) is 1. The number of aliphatic hydroxyl groups is 1. The number of halogens is 2. The molecule has 1 aromatic carbocycles. The van der Waals surface area contributed by atoms with Crippen molar-refractivity contribution in [2.45, 2.75) is 41.9 Å². The Labute approximate surface area is 110 Å². The molecule has 1 aromatic rings. The molecule has 0 spiro atoms. The highest BCUT2D eigenvalue weighted by Crippen LogP contribution is 2.36. The maximum Gasteiger partial charge on any atom is 0.0662 e. The van der Waals surface area contributed by atoms with Crippen LogP contribution in [0, 0.1) is 0 Å². The van der Waals surface area contributed by atoms with Gasteiger partial charge in [-0.1, -0.05) is 36.0 Å². The van der Waals surface area contributed by atoms with Gasteiger partial charge in [-0.2, -0.15) is 0 Å². The quantitative estimate of drug-likeness (QED) is 0.865. The van der Waals surface area contributed by atoms with E-state index in [4.69, 9.17) is 23.2 Å². The van der Waals surface area contributed by atoms with Gasteiger partial charge in [-0.05, 0) is 31.0 Å². The van der Waals surface area contributed by atoms with Gasteiger partial charge < -0.3 is 5.11 Å². The fraction of sp³-hybridized carbons (Fsp3) is 0.500. The molecule has 1 saturated carbocycles. The van der Waals surface area contributed by atoms with Gasteiger partial charge in [-0.25, -0.2) is 0 Å². The first-order valence-corrected chi connectivity index (χ1v) is 7.10. The third-order valence-electron chi connectivity index (χ3n) is 2.85. The molecule has 0 aliphatic heterocycles. The van der Waals surface area contributed by atoms with Crippen LogP contribution in [0.1, 0.15) is 25.7 Å². The van der Waals surface area contributed by atoms with Gasteiger partial charge in [0.2, 0.25) is 0 Å². The molecule has 88 valence electrons. The van der Waals surface area contributed by atoms with Crippen LogP contribution in [0.4, 0.5) is 0 Å². The first kappa shape index (κ1) is 12.6. The topological polar surface area (TPSA) is 20.2 Å². The molecule has 1 aliphatic rings. The lowest BCUT2D eigenvalue weighted by molar-refractivity contribution is 0.137. The molecule has 0 bridgehead atoms. The minimum Gasteiger partial charge on any atom is -0.392 e. The standard InChI is InChI=1S/C12H14Cl2OS/c13-9-6-5-8(7-10(9)14)16-12-4-2-1-3-11(12)15/h5-7,11-12,15H,1-4H2/t11-,12-/m1/s1. The van der Waals surface area contributed by atoms with E-state index in [1.807, 2.05) is 12.1 Å². The van der Waals surface area contributed by atoms with E-state index in [1.54, 1.807) is 17.8 Å². The Balaban J connectivity index is 2.05. The minimum absolute atomic E-state index is 0.187. The fourth-order valence-electron chi connectivity index (χ4n) is 1.94. The van der Waals surface area contributed by atoms with Crippen LogP contribution in [-0.4, -0.2) is 16.5 Å². The summed E-state index contributed by atoms with van der Waals surface area (Å²) in [5.41, 5.74) is 0. The average Bonchev–Trinajstić information content (AvgIpc) is 2.27. The van der Waals surface area contributed by atoms with Crippen molar-refractivity contribution < 1.29 is 5.11 Å². The van der Waals surface area contributed by atoms with E-state index < -0.39 is 0 Å². The van der Waals surface area contributed by atoms with Gasteiger partial charge in [0.25, 0.3) is 0 Å². The Morgan fingerprint density at radius 3 is 2.56 bits per heavy atom. The molecule has 0 amide bonds. The van der Waals surface area contributed by atoms with Crippen LogP contribution < -0.4 is 0 Å². The zero-order chi connectivity index (χ0) is 11.5. The lowest BCUT2D eigenvalue weighted by Crippen LogP contribution is -2.26. The van der Waals surface area contributed by atoms with Gasteiger partial charge in [-0.3, -0.25) is 0 Å². The first-order valence-electron chi connectivity index (χ1n) is 5.46. The second-order valence-electron chi connectivity index (χ2n) is 4.08. The van der Waals surface area contributed by atoms with E-state index in [0.29, 0.717) is 15.3 Å². The van der Waals surface area contributed by atoms with E-state index in [2.05, 4.69) is 0 Å². The number of hydrogen-bond acceptors (Lipinski definition) is 2. The largest absolute Gasteiger partial charge is 0.392 e. The summed E-state index contributed by atoms with van der Waals surface area (Å²) in [5, 5.41) is 11.3. The van der Waals surface area contributed by atoms with Crippen LogP contribution in [0.15, 0.2) is 23.1 Å². The maximum absolute atomic E-state index is 9.87. The van der Waals surface area contributed by atoms with Gasteiger partial charge in [0.1, 0.15) is 0 Å². The van der Waals surface area contributed by atoms with Crippen molar-refractivity contribution in [3.05, 3.63) is 28.2 Å². The monoisotopic (exact) mass is 276 g/mol. The van der Waals surface area contributed by atoms with Gasteiger partial charge in [0, 0.05) is 10.1 Å². The number of aliphatic hydroxyl groups excluding tert-OH is 1. The molecule has 0 aromatic heterocycles. The van der Waals surface area contributed by atoms with Crippen molar-refractivity contribution >= 4 is 35.0 Å². The zero-order valence-electron chi connectivity index (χ0n) is 8.83. The molecule has 4 heteroatoms. The molecule has 16 heavy (non-hydrogen) atoms. The van der Waals surface area contributed by atoms with E-state index in [0.717, 1.165) is 24.2 Å². The lowest BCUT2D eigenvalue weighted by Gasteiger charge is -2.26. The molecule has 1 fully saturated rings. The van der Waals surface area contributed by atoms with Gasteiger partial charge in [0.05, 0.1) is 16.1 Å². The zero-order valence-corrected chi connectivity index (χ0v) is 11.2. The molecular weight excluding hydrogens is 263 g/mol. The minimum atomic E-state index is -0.187. The predicted octanol–water partition coefficient (Wildman–Crippen LogP) is 4.39. The Morgan fingerprint density at radius 2 is 1.88 bits per heavy atom. The molecule has 0 saturated heterocycles. The Hall–Kier alpha value is 0.110. The van der Waals surface area contributed by atoms with Crippen molar-refractivity contribution in [3.63, 3.8) is 0 Å². The van der Waals surface area contributed by atoms with E-state index in [9.17, 15) is 5.11 Å². The molecule has 2 atom stereocenters. The highest BCUT2D eigenvalue weighted by molar-refractivity contribution is 8.00. The van der Waals surface area contributed by atoms with Gasteiger partial charge >= 0.3 is 0 Å². The first-order chi connectivity index (χ1) is 7.66. The summed E-state index contributed by atoms with van der Waals surface area (Å²) in [6.45, 7) is 0. The summed E-state index contributed by atoms with van der Waals surface area (Å²) < 4.78 is 0. The second-order valence-corrected chi connectivity index (χ2v) is 6.21. The Bertz CT molecular complexity index is 370.